The number of benzene rings is 2. The van der Waals surface area contributed by atoms with Crippen molar-refractivity contribution in [3.05, 3.63) is 57.6 Å². The summed E-state index contributed by atoms with van der Waals surface area (Å²) in [5.74, 6) is -3.56. The van der Waals surface area contributed by atoms with Crippen molar-refractivity contribution < 1.29 is 23.6 Å². The first-order valence-electron chi connectivity index (χ1n) is 12.1. The van der Waals surface area contributed by atoms with Gasteiger partial charge in [0.2, 0.25) is 0 Å². The van der Waals surface area contributed by atoms with Gasteiger partial charge in [-0.3, -0.25) is 19.8 Å². The number of anilines is 3. The fourth-order valence-electron chi connectivity index (χ4n) is 4.49. The van der Waals surface area contributed by atoms with Crippen LogP contribution in [0, 0.1) is 21.7 Å². The molecule has 3 N–H and O–H groups in total. The van der Waals surface area contributed by atoms with Crippen molar-refractivity contribution >= 4 is 28.7 Å². The lowest BCUT2D eigenvalue weighted by Gasteiger charge is -2.33. The van der Waals surface area contributed by atoms with Gasteiger partial charge in [0.15, 0.2) is 23.0 Å². The molecule has 0 radical (unpaired) electrons. The number of rotatable bonds is 11. The van der Waals surface area contributed by atoms with Gasteiger partial charge in [-0.15, -0.1) is 0 Å². The standard InChI is InChI=1S/C25H33F2N5O4/c1-4-31(5-2)23-19(26)21(28-16(3)25(33)34)24(32(35)36)22(20(23)27)29-18-11-13-30(14-12-18)15-17-9-7-6-8-10-17/h6-10,16,18,28-29H,4-5,11-15H2,1-3H3,(H,33,34)/t16-/m0/s1. The highest BCUT2D eigenvalue weighted by Crippen LogP contribution is 2.45. The third-order valence-corrected chi connectivity index (χ3v) is 6.51. The Bertz CT molecular complexity index is 1070. The van der Waals surface area contributed by atoms with Crippen LogP contribution in [0.15, 0.2) is 30.3 Å². The van der Waals surface area contributed by atoms with Crippen LogP contribution in [0.4, 0.5) is 31.5 Å². The minimum Gasteiger partial charge on any atom is -0.480 e. The SMILES string of the molecule is CCN(CC)c1c(F)c(NC2CCN(Cc3ccccc3)CC2)c([N+](=O)[O-])c(N[C@@H](C)C(=O)O)c1F. The molecular weight excluding hydrogens is 472 g/mol. The van der Waals surface area contributed by atoms with E-state index in [4.69, 9.17) is 0 Å². The average Bonchev–Trinajstić information content (AvgIpc) is 2.86. The Hall–Kier alpha value is -3.47. The van der Waals surface area contributed by atoms with Gasteiger partial charge < -0.3 is 20.6 Å². The van der Waals surface area contributed by atoms with Crippen molar-refractivity contribution in [2.24, 2.45) is 0 Å². The summed E-state index contributed by atoms with van der Waals surface area (Å²) in [7, 11) is 0. The van der Waals surface area contributed by atoms with Gasteiger partial charge in [0.1, 0.15) is 11.7 Å². The maximum absolute atomic E-state index is 15.8. The summed E-state index contributed by atoms with van der Waals surface area (Å²) in [4.78, 5) is 26.2. The summed E-state index contributed by atoms with van der Waals surface area (Å²) in [6.45, 7) is 7.35. The van der Waals surface area contributed by atoms with Crippen LogP contribution < -0.4 is 15.5 Å². The molecule has 1 atom stereocenters. The number of nitrogens with one attached hydrogen (secondary N) is 2. The van der Waals surface area contributed by atoms with E-state index in [2.05, 4.69) is 15.5 Å². The van der Waals surface area contributed by atoms with Crippen LogP contribution >= 0.6 is 0 Å². The quantitative estimate of drug-likeness (QED) is 0.298. The van der Waals surface area contributed by atoms with Gasteiger partial charge in [-0.1, -0.05) is 30.3 Å². The lowest BCUT2D eigenvalue weighted by molar-refractivity contribution is -0.383. The fourth-order valence-corrected chi connectivity index (χ4v) is 4.49. The maximum atomic E-state index is 15.8. The second-order valence-corrected chi connectivity index (χ2v) is 8.89. The third kappa shape index (κ3) is 6.01. The third-order valence-electron chi connectivity index (χ3n) is 6.51. The first-order valence-corrected chi connectivity index (χ1v) is 12.1. The highest BCUT2D eigenvalue weighted by atomic mass is 19.1. The molecule has 11 heteroatoms. The molecule has 0 bridgehead atoms. The first-order chi connectivity index (χ1) is 17.2. The Morgan fingerprint density at radius 2 is 1.75 bits per heavy atom. The summed E-state index contributed by atoms with van der Waals surface area (Å²) in [6.07, 6.45) is 1.21. The molecule has 0 saturated carbocycles. The zero-order valence-corrected chi connectivity index (χ0v) is 20.8. The molecule has 0 unspecified atom stereocenters. The van der Waals surface area contributed by atoms with E-state index in [9.17, 15) is 20.0 Å². The lowest BCUT2D eigenvalue weighted by atomic mass is 10.0. The topological polar surface area (TPSA) is 111 Å². The van der Waals surface area contributed by atoms with Crippen LogP contribution in [-0.4, -0.2) is 59.2 Å². The van der Waals surface area contributed by atoms with E-state index in [1.165, 1.54) is 17.4 Å². The summed E-state index contributed by atoms with van der Waals surface area (Å²) in [6, 6.07) is 8.39. The van der Waals surface area contributed by atoms with E-state index in [-0.39, 0.29) is 19.1 Å². The molecule has 2 aromatic carbocycles. The van der Waals surface area contributed by atoms with Crippen LogP contribution in [-0.2, 0) is 11.3 Å². The Labute approximate surface area is 209 Å². The number of likely N-dealkylation sites (tertiary alicyclic amines) is 1. The minimum absolute atomic E-state index is 0.257. The number of halogens is 2. The van der Waals surface area contributed by atoms with Crippen LogP contribution in [0.5, 0.6) is 0 Å². The normalized spacial score (nSPS) is 15.4. The lowest BCUT2D eigenvalue weighted by Crippen LogP contribution is -2.39. The van der Waals surface area contributed by atoms with E-state index in [0.717, 1.165) is 6.54 Å². The second-order valence-electron chi connectivity index (χ2n) is 8.89. The average molecular weight is 506 g/mol. The summed E-state index contributed by atoms with van der Waals surface area (Å²) in [5.41, 5.74) is -1.14. The number of nitro groups is 1. The summed E-state index contributed by atoms with van der Waals surface area (Å²) < 4.78 is 31.3. The smallest absolute Gasteiger partial charge is 0.325 e. The van der Waals surface area contributed by atoms with E-state index in [1.807, 2.05) is 30.3 Å². The highest BCUT2D eigenvalue weighted by molar-refractivity contribution is 5.86. The van der Waals surface area contributed by atoms with E-state index in [0.29, 0.717) is 25.9 Å². The molecule has 1 heterocycles. The molecule has 9 nitrogen and oxygen atoms in total. The number of nitrogens with zero attached hydrogens (tertiary/aromatic N) is 3. The van der Waals surface area contributed by atoms with Gasteiger partial charge in [-0.05, 0) is 39.2 Å². The largest absolute Gasteiger partial charge is 0.480 e. The monoisotopic (exact) mass is 505 g/mol. The van der Waals surface area contributed by atoms with Crippen LogP contribution in [0.3, 0.4) is 0 Å². The summed E-state index contributed by atoms with van der Waals surface area (Å²) in [5, 5.41) is 26.7. The van der Waals surface area contributed by atoms with Crippen molar-refractivity contribution in [3.8, 4) is 0 Å². The predicted octanol–water partition coefficient (Wildman–Crippen LogP) is 4.68. The Morgan fingerprint density at radius 3 is 2.28 bits per heavy atom. The zero-order valence-electron chi connectivity index (χ0n) is 20.8. The molecule has 0 aliphatic carbocycles. The molecule has 196 valence electrons. The molecule has 2 aromatic rings. The van der Waals surface area contributed by atoms with Gasteiger partial charge in [0, 0.05) is 38.8 Å². The molecule has 3 rings (SSSR count). The molecule has 36 heavy (non-hydrogen) atoms. The van der Waals surface area contributed by atoms with Crippen molar-refractivity contribution in [2.75, 3.05) is 41.7 Å². The van der Waals surface area contributed by atoms with Gasteiger partial charge in [0.05, 0.1) is 4.92 Å². The van der Waals surface area contributed by atoms with Crippen molar-refractivity contribution in [1.29, 1.82) is 0 Å². The number of carboxylic acids is 1. The number of nitro benzene ring substituents is 1. The fraction of sp³-hybridized carbons (Fsp3) is 0.480. The highest BCUT2D eigenvalue weighted by Gasteiger charge is 2.36. The number of aliphatic carboxylic acids is 1. The number of piperidine rings is 1. The Morgan fingerprint density at radius 1 is 1.17 bits per heavy atom. The van der Waals surface area contributed by atoms with Crippen molar-refractivity contribution in [1.82, 2.24) is 4.90 Å². The Kier molecular flexibility index (Phi) is 9.03. The number of hydrogen-bond acceptors (Lipinski definition) is 7. The number of carbonyl (C=O) groups is 1. The molecule has 0 aromatic heterocycles. The van der Waals surface area contributed by atoms with Gasteiger partial charge in [-0.25, -0.2) is 8.78 Å². The minimum atomic E-state index is -1.33. The van der Waals surface area contributed by atoms with Crippen LogP contribution in [0.1, 0.15) is 39.2 Å². The molecule has 0 amide bonds. The number of hydrogen-bond donors (Lipinski definition) is 3. The van der Waals surface area contributed by atoms with E-state index in [1.54, 1.807) is 13.8 Å². The van der Waals surface area contributed by atoms with Crippen molar-refractivity contribution in [2.45, 2.75) is 52.2 Å². The van der Waals surface area contributed by atoms with Crippen LogP contribution in [0.2, 0.25) is 0 Å². The van der Waals surface area contributed by atoms with Crippen LogP contribution in [0.25, 0.3) is 0 Å². The second kappa shape index (κ2) is 12.0. The molecule has 1 aliphatic heterocycles. The van der Waals surface area contributed by atoms with Gasteiger partial charge >= 0.3 is 11.7 Å². The molecule has 0 spiro atoms. The molecular formula is C25H33F2N5O4. The van der Waals surface area contributed by atoms with E-state index < -0.39 is 51.3 Å². The van der Waals surface area contributed by atoms with E-state index >= 15 is 8.78 Å². The number of carboxylic acid groups (broad SMARTS) is 1. The summed E-state index contributed by atoms with van der Waals surface area (Å²) >= 11 is 0. The van der Waals surface area contributed by atoms with Gasteiger partial charge in [0.25, 0.3) is 0 Å². The Balaban J connectivity index is 1.94. The van der Waals surface area contributed by atoms with Gasteiger partial charge in [-0.2, -0.15) is 0 Å². The molecule has 1 aliphatic rings. The van der Waals surface area contributed by atoms with Crippen molar-refractivity contribution in [3.63, 3.8) is 0 Å². The maximum Gasteiger partial charge on any atom is 0.325 e. The predicted molar refractivity (Wildman–Crippen MR) is 136 cm³/mol. The zero-order chi connectivity index (χ0) is 26.4. The molecule has 1 fully saturated rings. The molecule has 1 saturated heterocycles. The first kappa shape index (κ1) is 27.1.